The van der Waals surface area contributed by atoms with Crippen molar-refractivity contribution in [1.29, 1.82) is 0 Å². The first kappa shape index (κ1) is 23.3. The number of hydrogen-bond donors (Lipinski definition) is 3. The van der Waals surface area contributed by atoms with E-state index >= 15 is 0 Å². The summed E-state index contributed by atoms with van der Waals surface area (Å²) in [6.45, 7) is 4.15. The lowest BCUT2D eigenvalue weighted by Gasteiger charge is -2.32. The first-order valence-electron chi connectivity index (χ1n) is 11.4. The second-order valence-electron chi connectivity index (χ2n) is 8.90. The molecule has 7 nitrogen and oxygen atoms in total. The summed E-state index contributed by atoms with van der Waals surface area (Å²) < 4.78 is 5.33. The smallest absolute Gasteiger partial charge is 0.251 e. The van der Waals surface area contributed by atoms with Crippen molar-refractivity contribution in [3.8, 4) is 5.75 Å². The van der Waals surface area contributed by atoms with Crippen LogP contribution >= 0.6 is 0 Å². The van der Waals surface area contributed by atoms with Crippen molar-refractivity contribution in [3.63, 3.8) is 0 Å². The van der Waals surface area contributed by atoms with Crippen LogP contribution in [-0.2, 0) is 14.3 Å². The predicted octanol–water partition coefficient (Wildman–Crippen LogP) is 2.88. The molecule has 0 radical (unpaired) electrons. The van der Waals surface area contributed by atoms with Gasteiger partial charge in [-0.05, 0) is 49.4 Å². The molecule has 170 valence electrons. The Bertz CT molecular complexity index is 803. The Morgan fingerprint density at radius 3 is 2.65 bits per heavy atom. The highest BCUT2D eigenvalue weighted by Gasteiger charge is 2.35. The number of hydrogen-bond acceptors (Lipinski definition) is 5. The lowest BCUT2D eigenvalue weighted by molar-refractivity contribution is -0.138. The average molecular weight is 431 g/mol. The van der Waals surface area contributed by atoms with Crippen LogP contribution in [0.5, 0.6) is 5.75 Å². The maximum atomic E-state index is 13.2. The summed E-state index contributed by atoms with van der Waals surface area (Å²) in [5.41, 5.74) is 0.991. The molecule has 7 heteroatoms. The molecule has 2 amide bonds. The molecular formula is C24H34N2O5. The molecule has 3 N–H and O–H groups in total. The van der Waals surface area contributed by atoms with E-state index in [4.69, 9.17) is 4.74 Å². The Balaban J connectivity index is 1.74. The number of phenols is 1. The van der Waals surface area contributed by atoms with Gasteiger partial charge in [0, 0.05) is 11.5 Å². The largest absolute Gasteiger partial charge is 0.508 e. The van der Waals surface area contributed by atoms with E-state index in [1.54, 1.807) is 19.1 Å². The normalized spacial score (nSPS) is 23.2. The maximum Gasteiger partial charge on any atom is 0.251 e. The molecule has 3 unspecified atom stereocenters. The van der Waals surface area contributed by atoms with E-state index in [0.29, 0.717) is 30.1 Å². The Morgan fingerprint density at radius 2 is 1.97 bits per heavy atom. The molecule has 1 aromatic carbocycles. The molecular weight excluding hydrogens is 396 g/mol. The summed E-state index contributed by atoms with van der Waals surface area (Å²) in [5, 5.41) is 15.5. The minimum absolute atomic E-state index is 0.00782. The molecule has 1 aromatic rings. The predicted molar refractivity (Wildman–Crippen MR) is 117 cm³/mol. The van der Waals surface area contributed by atoms with Gasteiger partial charge in [0.1, 0.15) is 18.4 Å². The molecule has 0 bridgehead atoms. The van der Waals surface area contributed by atoms with Crippen LogP contribution in [0.2, 0.25) is 0 Å². The Hall–Kier alpha value is -2.41. The molecule has 3 rings (SSSR count). The van der Waals surface area contributed by atoms with E-state index < -0.39 is 12.1 Å². The second-order valence-corrected chi connectivity index (χ2v) is 8.90. The van der Waals surface area contributed by atoms with Crippen LogP contribution in [-0.4, -0.2) is 48.0 Å². The van der Waals surface area contributed by atoms with Gasteiger partial charge in [0.15, 0.2) is 5.78 Å². The molecule has 1 aliphatic heterocycles. The van der Waals surface area contributed by atoms with Crippen molar-refractivity contribution in [2.75, 3.05) is 13.2 Å². The van der Waals surface area contributed by atoms with Gasteiger partial charge in [-0.15, -0.1) is 0 Å². The fourth-order valence-electron chi connectivity index (χ4n) is 4.59. The molecule has 2 fully saturated rings. The average Bonchev–Trinajstić information content (AvgIpc) is 2.77. The van der Waals surface area contributed by atoms with E-state index in [1.165, 1.54) is 12.5 Å². The van der Waals surface area contributed by atoms with Gasteiger partial charge in [-0.2, -0.15) is 0 Å². The highest BCUT2D eigenvalue weighted by Crippen LogP contribution is 2.28. The van der Waals surface area contributed by atoms with E-state index in [9.17, 15) is 19.5 Å². The minimum Gasteiger partial charge on any atom is -0.508 e. The van der Waals surface area contributed by atoms with E-state index in [1.807, 2.05) is 6.92 Å². The van der Waals surface area contributed by atoms with Gasteiger partial charge in [-0.1, -0.05) is 39.0 Å². The third kappa shape index (κ3) is 6.06. The number of ketones is 1. The number of rotatable bonds is 7. The van der Waals surface area contributed by atoms with Crippen molar-refractivity contribution in [2.45, 2.75) is 70.9 Å². The lowest BCUT2D eigenvalue weighted by Crippen LogP contribution is -2.57. The fraction of sp³-hybridized carbons (Fsp3) is 0.625. The zero-order chi connectivity index (χ0) is 22.4. The fourth-order valence-corrected chi connectivity index (χ4v) is 4.59. The number of nitrogens with one attached hydrogen (secondary N) is 2. The Morgan fingerprint density at radius 1 is 1.23 bits per heavy atom. The molecule has 1 saturated carbocycles. The molecule has 1 saturated heterocycles. The van der Waals surface area contributed by atoms with Gasteiger partial charge in [0.05, 0.1) is 12.6 Å². The maximum absolute atomic E-state index is 13.2. The second kappa shape index (κ2) is 10.8. The van der Waals surface area contributed by atoms with Crippen LogP contribution < -0.4 is 10.6 Å². The number of carbonyl (C=O) groups is 3. The first-order chi connectivity index (χ1) is 14.9. The third-order valence-corrected chi connectivity index (χ3v) is 6.59. The van der Waals surface area contributed by atoms with Gasteiger partial charge in [0.25, 0.3) is 5.91 Å². The Labute approximate surface area is 183 Å². The molecule has 2 aliphatic rings. The zero-order valence-electron chi connectivity index (χ0n) is 18.5. The van der Waals surface area contributed by atoms with Crippen LogP contribution in [0.4, 0.5) is 0 Å². The number of benzene rings is 1. The van der Waals surface area contributed by atoms with Gasteiger partial charge >= 0.3 is 0 Å². The van der Waals surface area contributed by atoms with Crippen LogP contribution in [0.3, 0.4) is 0 Å². The van der Waals surface area contributed by atoms with Gasteiger partial charge in [-0.25, -0.2) is 0 Å². The number of phenolic OH excluding ortho intramolecular Hbond substituents is 1. The molecule has 0 aromatic heterocycles. The van der Waals surface area contributed by atoms with Crippen molar-refractivity contribution < 1.29 is 24.2 Å². The monoisotopic (exact) mass is 430 g/mol. The highest BCUT2D eigenvalue weighted by molar-refractivity contribution is 5.99. The summed E-state index contributed by atoms with van der Waals surface area (Å²) in [6.07, 6.45) is 6.87. The van der Waals surface area contributed by atoms with Crippen molar-refractivity contribution in [1.82, 2.24) is 10.6 Å². The van der Waals surface area contributed by atoms with E-state index in [0.717, 1.165) is 32.1 Å². The molecule has 31 heavy (non-hydrogen) atoms. The van der Waals surface area contributed by atoms with Crippen molar-refractivity contribution in [3.05, 3.63) is 29.3 Å². The molecule has 3 atom stereocenters. The summed E-state index contributed by atoms with van der Waals surface area (Å²) in [5.74, 6) is -0.354. The number of amides is 2. The quantitative estimate of drug-likeness (QED) is 0.617. The third-order valence-electron chi connectivity index (χ3n) is 6.59. The summed E-state index contributed by atoms with van der Waals surface area (Å²) in [4.78, 5) is 38.5. The van der Waals surface area contributed by atoms with Crippen molar-refractivity contribution in [2.24, 2.45) is 11.8 Å². The lowest BCUT2D eigenvalue weighted by atomic mass is 9.84. The SMILES string of the molecule is CCC1COCC(=O)C1NC(=O)C(CC1CCCCC1)NC(=O)c1ccc(O)c(C)c1. The topological polar surface area (TPSA) is 105 Å². The first-order valence-corrected chi connectivity index (χ1v) is 11.4. The Kier molecular flexibility index (Phi) is 8.07. The van der Waals surface area contributed by atoms with Gasteiger partial charge < -0.3 is 20.5 Å². The number of aryl methyl sites for hydroxylation is 1. The van der Waals surface area contributed by atoms with E-state index in [-0.39, 0.29) is 35.9 Å². The highest BCUT2D eigenvalue weighted by atomic mass is 16.5. The number of Topliss-reactive ketones (excluding diaryl/α,β-unsaturated/α-hetero) is 1. The standard InChI is InChI=1S/C24H34N2O5/c1-3-17-13-31-14-21(28)22(17)26-24(30)19(12-16-7-5-4-6-8-16)25-23(29)18-9-10-20(27)15(2)11-18/h9-11,16-17,19,22,27H,3-8,12-14H2,1-2H3,(H,25,29)(H,26,30). The van der Waals surface area contributed by atoms with Crippen LogP contribution in [0.15, 0.2) is 18.2 Å². The summed E-state index contributed by atoms with van der Waals surface area (Å²) in [6, 6.07) is 3.34. The summed E-state index contributed by atoms with van der Waals surface area (Å²) >= 11 is 0. The van der Waals surface area contributed by atoms with E-state index in [2.05, 4.69) is 10.6 Å². The molecule has 1 heterocycles. The summed E-state index contributed by atoms with van der Waals surface area (Å²) in [7, 11) is 0. The molecule has 0 spiro atoms. The number of carbonyl (C=O) groups excluding carboxylic acids is 3. The van der Waals surface area contributed by atoms with Crippen molar-refractivity contribution >= 4 is 17.6 Å². The van der Waals surface area contributed by atoms with Crippen LogP contribution in [0, 0.1) is 18.8 Å². The van der Waals surface area contributed by atoms with Gasteiger partial charge in [-0.3, -0.25) is 14.4 Å². The number of ether oxygens (including phenoxy) is 1. The van der Waals surface area contributed by atoms with Crippen LogP contribution in [0.1, 0.15) is 67.8 Å². The minimum atomic E-state index is -0.710. The van der Waals surface area contributed by atoms with Crippen LogP contribution in [0.25, 0.3) is 0 Å². The van der Waals surface area contributed by atoms with Gasteiger partial charge in [0.2, 0.25) is 5.91 Å². The zero-order valence-corrected chi connectivity index (χ0v) is 18.5. The molecule has 1 aliphatic carbocycles. The number of aromatic hydroxyl groups is 1.